The van der Waals surface area contributed by atoms with Crippen LogP contribution in [-0.2, 0) is 22.3 Å². The number of halogens is 3. The van der Waals surface area contributed by atoms with Crippen LogP contribution in [-0.4, -0.2) is 43.1 Å². The Morgan fingerprint density at radius 2 is 2.13 bits per heavy atom. The summed E-state index contributed by atoms with van der Waals surface area (Å²) in [6, 6.07) is 6.38. The molecule has 1 aromatic heterocycles. The maximum Gasteiger partial charge on any atom is 0.417 e. The lowest BCUT2D eigenvalue weighted by atomic mass is 10.0. The lowest BCUT2D eigenvalue weighted by Gasteiger charge is -2.37. The molecule has 31 heavy (non-hydrogen) atoms. The van der Waals surface area contributed by atoms with Crippen molar-refractivity contribution in [2.24, 2.45) is 0 Å². The molecule has 0 bridgehead atoms. The molecule has 164 valence electrons. The smallest absolute Gasteiger partial charge is 0.369 e. The summed E-state index contributed by atoms with van der Waals surface area (Å²) in [4.78, 5) is 18.7. The molecular weight excluding hydrogens is 409 g/mol. The highest BCUT2D eigenvalue weighted by atomic mass is 19.4. The molecule has 1 aliphatic rings. The van der Waals surface area contributed by atoms with Crippen molar-refractivity contribution in [3.05, 3.63) is 58.4 Å². The van der Waals surface area contributed by atoms with Crippen LogP contribution in [0.2, 0.25) is 0 Å². The van der Waals surface area contributed by atoms with Crippen LogP contribution in [0.5, 0.6) is 0 Å². The summed E-state index contributed by atoms with van der Waals surface area (Å²) in [5.41, 5.74) is 1.49. The second-order valence-corrected chi connectivity index (χ2v) is 7.47. The van der Waals surface area contributed by atoms with E-state index in [4.69, 9.17) is 10.00 Å². The number of hydrogen-bond acceptors (Lipinski definition) is 6. The number of carbonyl (C=O) groups is 1. The molecule has 0 amide bonds. The summed E-state index contributed by atoms with van der Waals surface area (Å²) in [5, 5.41) is 12.1. The molecule has 2 heterocycles. The third-order valence-electron chi connectivity index (χ3n) is 5.21. The van der Waals surface area contributed by atoms with Gasteiger partial charge >= 0.3 is 6.18 Å². The summed E-state index contributed by atoms with van der Waals surface area (Å²) in [7, 11) is 0. The number of anilines is 1. The SMILES string of the molecule is Cc1cnc(C)c(COCC(=O)C2CNCCN2c2ccc(C#N)c(C(F)(F)F)c2)c1. The Hall–Kier alpha value is -2.96. The first-order chi connectivity index (χ1) is 14.7. The number of nitriles is 1. The van der Waals surface area contributed by atoms with Crippen molar-refractivity contribution >= 4 is 11.5 Å². The Labute approximate surface area is 178 Å². The molecule has 1 atom stereocenters. The van der Waals surface area contributed by atoms with Gasteiger partial charge in [0.25, 0.3) is 0 Å². The van der Waals surface area contributed by atoms with E-state index in [9.17, 15) is 18.0 Å². The van der Waals surface area contributed by atoms with E-state index in [0.29, 0.717) is 19.6 Å². The topological polar surface area (TPSA) is 78.2 Å². The fourth-order valence-corrected chi connectivity index (χ4v) is 3.55. The molecule has 1 fully saturated rings. The van der Waals surface area contributed by atoms with E-state index >= 15 is 0 Å². The van der Waals surface area contributed by atoms with Gasteiger partial charge in [0.2, 0.25) is 0 Å². The number of hydrogen-bond donors (Lipinski definition) is 1. The maximum absolute atomic E-state index is 13.4. The number of nitrogens with zero attached hydrogens (tertiary/aromatic N) is 3. The van der Waals surface area contributed by atoms with Gasteiger partial charge in [-0.15, -0.1) is 0 Å². The zero-order valence-electron chi connectivity index (χ0n) is 17.3. The Kier molecular flexibility index (Phi) is 6.93. The molecule has 2 aromatic rings. The monoisotopic (exact) mass is 432 g/mol. The molecule has 0 saturated carbocycles. The largest absolute Gasteiger partial charge is 0.417 e. The zero-order chi connectivity index (χ0) is 22.6. The van der Waals surface area contributed by atoms with Gasteiger partial charge in [0, 0.05) is 37.2 Å². The summed E-state index contributed by atoms with van der Waals surface area (Å²) in [6.45, 7) is 5.02. The molecule has 1 aromatic carbocycles. The number of piperazine rings is 1. The standard InChI is InChI=1S/C22H23F3N4O2/c1-14-7-17(15(2)28-10-14)12-31-13-21(30)20-11-27-5-6-29(20)18-4-3-16(9-26)19(8-18)22(23,24)25/h3-4,7-8,10,20,27H,5-6,11-13H2,1-2H3. The Bertz CT molecular complexity index is 1000. The van der Waals surface area contributed by atoms with Gasteiger partial charge in [-0.1, -0.05) is 6.07 Å². The van der Waals surface area contributed by atoms with E-state index in [-0.39, 0.29) is 24.7 Å². The number of pyridine rings is 1. The first-order valence-corrected chi connectivity index (χ1v) is 9.82. The number of carbonyl (C=O) groups excluding carboxylic acids is 1. The molecule has 9 heteroatoms. The molecule has 1 N–H and O–H groups in total. The third-order valence-corrected chi connectivity index (χ3v) is 5.21. The average Bonchev–Trinajstić information content (AvgIpc) is 2.75. The van der Waals surface area contributed by atoms with Gasteiger partial charge in [0.05, 0.1) is 23.8 Å². The van der Waals surface area contributed by atoms with Gasteiger partial charge < -0.3 is 15.0 Å². The van der Waals surface area contributed by atoms with Crippen LogP contribution in [0, 0.1) is 25.2 Å². The first-order valence-electron chi connectivity index (χ1n) is 9.82. The van der Waals surface area contributed by atoms with Crippen molar-refractivity contribution in [1.29, 1.82) is 5.26 Å². The highest BCUT2D eigenvalue weighted by molar-refractivity contribution is 5.89. The van der Waals surface area contributed by atoms with E-state index in [0.717, 1.165) is 29.0 Å². The lowest BCUT2D eigenvalue weighted by molar-refractivity contribution is -0.137. The van der Waals surface area contributed by atoms with Crippen LogP contribution in [0.4, 0.5) is 18.9 Å². The number of ether oxygens (including phenoxy) is 1. The predicted octanol–water partition coefficient (Wildman–Crippen LogP) is 3.15. The molecule has 1 unspecified atom stereocenters. The Balaban J connectivity index is 1.74. The molecule has 1 aliphatic heterocycles. The quantitative estimate of drug-likeness (QED) is 0.756. The summed E-state index contributed by atoms with van der Waals surface area (Å²) < 4.78 is 45.7. The predicted molar refractivity (Wildman–Crippen MR) is 109 cm³/mol. The minimum Gasteiger partial charge on any atom is -0.369 e. The number of Topliss-reactive ketones (excluding diaryl/α,β-unsaturated/α-hetero) is 1. The number of ketones is 1. The lowest BCUT2D eigenvalue weighted by Crippen LogP contribution is -2.56. The van der Waals surface area contributed by atoms with E-state index in [2.05, 4.69) is 10.3 Å². The van der Waals surface area contributed by atoms with Crippen molar-refractivity contribution < 1.29 is 22.7 Å². The van der Waals surface area contributed by atoms with Gasteiger partial charge in [-0.25, -0.2) is 0 Å². The van der Waals surface area contributed by atoms with Gasteiger partial charge in [0.15, 0.2) is 5.78 Å². The molecule has 1 saturated heterocycles. The van der Waals surface area contributed by atoms with Crippen LogP contribution in [0.15, 0.2) is 30.5 Å². The van der Waals surface area contributed by atoms with Crippen molar-refractivity contribution in [3.63, 3.8) is 0 Å². The van der Waals surface area contributed by atoms with Gasteiger partial charge in [-0.05, 0) is 43.2 Å². The van der Waals surface area contributed by atoms with E-state index in [1.165, 1.54) is 6.07 Å². The number of aromatic nitrogens is 1. The number of alkyl halides is 3. The normalized spacial score (nSPS) is 16.8. The second-order valence-electron chi connectivity index (χ2n) is 7.47. The number of benzene rings is 1. The summed E-state index contributed by atoms with van der Waals surface area (Å²) in [6.07, 6.45) is -2.90. The maximum atomic E-state index is 13.4. The van der Waals surface area contributed by atoms with Gasteiger partial charge in [-0.3, -0.25) is 9.78 Å². The van der Waals surface area contributed by atoms with Crippen molar-refractivity contribution in [2.45, 2.75) is 32.7 Å². The van der Waals surface area contributed by atoms with Crippen LogP contribution in [0.1, 0.15) is 27.9 Å². The number of rotatable bonds is 6. The summed E-state index contributed by atoms with van der Waals surface area (Å²) in [5.74, 6) is -0.233. The van der Waals surface area contributed by atoms with Gasteiger partial charge in [-0.2, -0.15) is 18.4 Å². The van der Waals surface area contributed by atoms with Crippen molar-refractivity contribution in [2.75, 3.05) is 31.1 Å². The molecular formula is C22H23F3N4O2. The van der Waals surface area contributed by atoms with Crippen LogP contribution in [0.3, 0.4) is 0 Å². The number of nitrogens with one attached hydrogen (secondary N) is 1. The minimum atomic E-state index is -4.66. The number of aryl methyl sites for hydroxylation is 2. The van der Waals surface area contributed by atoms with E-state index in [1.54, 1.807) is 17.2 Å². The molecule has 3 rings (SSSR count). The third kappa shape index (κ3) is 5.40. The highest BCUT2D eigenvalue weighted by Gasteiger charge is 2.36. The fraction of sp³-hybridized carbons (Fsp3) is 0.409. The van der Waals surface area contributed by atoms with Gasteiger partial charge in [0.1, 0.15) is 12.6 Å². The van der Waals surface area contributed by atoms with Crippen LogP contribution < -0.4 is 10.2 Å². The molecule has 6 nitrogen and oxygen atoms in total. The fourth-order valence-electron chi connectivity index (χ4n) is 3.55. The Morgan fingerprint density at radius 3 is 2.84 bits per heavy atom. The molecule has 0 spiro atoms. The molecule has 0 radical (unpaired) electrons. The second kappa shape index (κ2) is 9.45. The van der Waals surface area contributed by atoms with E-state index in [1.807, 2.05) is 19.9 Å². The molecule has 0 aliphatic carbocycles. The highest BCUT2D eigenvalue weighted by Crippen LogP contribution is 2.35. The summed E-state index contributed by atoms with van der Waals surface area (Å²) >= 11 is 0. The van der Waals surface area contributed by atoms with Crippen molar-refractivity contribution in [1.82, 2.24) is 10.3 Å². The average molecular weight is 432 g/mol. The van der Waals surface area contributed by atoms with Crippen molar-refractivity contribution in [3.8, 4) is 6.07 Å². The minimum absolute atomic E-state index is 0.168. The van der Waals surface area contributed by atoms with E-state index < -0.39 is 23.3 Å². The van der Waals surface area contributed by atoms with Crippen LogP contribution >= 0.6 is 0 Å². The zero-order valence-corrected chi connectivity index (χ0v) is 17.3. The first kappa shape index (κ1) is 22.7. The van der Waals surface area contributed by atoms with Crippen LogP contribution in [0.25, 0.3) is 0 Å². The Morgan fingerprint density at radius 1 is 1.35 bits per heavy atom.